The molecular formula is C16H18FNO4S. The normalized spacial score (nSPS) is 11.3. The largest absolute Gasteiger partial charge is 0.494 e. The molecule has 0 unspecified atom stereocenters. The van der Waals surface area contributed by atoms with Gasteiger partial charge in [-0.05, 0) is 38.1 Å². The molecule has 0 aromatic heterocycles. The maximum atomic E-state index is 13.4. The summed E-state index contributed by atoms with van der Waals surface area (Å²) in [4.78, 5) is -0.0917. The van der Waals surface area contributed by atoms with Crippen LogP contribution in [0.25, 0.3) is 0 Å². The van der Waals surface area contributed by atoms with Crippen LogP contribution in [0.5, 0.6) is 11.5 Å². The molecule has 0 aliphatic heterocycles. The molecule has 0 radical (unpaired) electrons. The number of ether oxygens (including phenoxy) is 2. The number of nitrogens with one attached hydrogen (secondary N) is 1. The maximum absolute atomic E-state index is 13.4. The Bertz CT molecular complexity index is 790. The van der Waals surface area contributed by atoms with E-state index in [1.54, 1.807) is 24.3 Å². The van der Waals surface area contributed by atoms with Crippen molar-refractivity contribution in [3.05, 3.63) is 48.3 Å². The van der Waals surface area contributed by atoms with E-state index in [9.17, 15) is 12.8 Å². The second kappa shape index (κ2) is 6.87. The number of anilines is 1. The molecule has 23 heavy (non-hydrogen) atoms. The Hall–Kier alpha value is -2.28. The van der Waals surface area contributed by atoms with Crippen LogP contribution in [0.1, 0.15) is 13.8 Å². The van der Waals surface area contributed by atoms with Gasteiger partial charge in [0.15, 0.2) is 11.6 Å². The van der Waals surface area contributed by atoms with Crippen LogP contribution in [-0.4, -0.2) is 21.6 Å². The topological polar surface area (TPSA) is 64.6 Å². The third kappa shape index (κ3) is 4.35. The van der Waals surface area contributed by atoms with Gasteiger partial charge in [0, 0.05) is 12.1 Å². The summed E-state index contributed by atoms with van der Waals surface area (Å²) in [6.45, 7) is 3.75. The Morgan fingerprint density at radius 1 is 1.13 bits per heavy atom. The molecule has 0 saturated carbocycles. The summed E-state index contributed by atoms with van der Waals surface area (Å²) in [5.41, 5.74) is 0.353. The molecule has 0 amide bonds. The first kappa shape index (κ1) is 17.1. The Labute approximate surface area is 135 Å². The second-order valence-electron chi connectivity index (χ2n) is 5.10. The first-order valence-corrected chi connectivity index (χ1v) is 8.43. The molecule has 0 aliphatic carbocycles. The number of methoxy groups -OCH3 is 1. The van der Waals surface area contributed by atoms with E-state index in [0.717, 1.165) is 12.1 Å². The third-order valence-electron chi connectivity index (χ3n) is 2.89. The van der Waals surface area contributed by atoms with Gasteiger partial charge in [-0.25, -0.2) is 12.8 Å². The van der Waals surface area contributed by atoms with Crippen LogP contribution in [0.3, 0.4) is 0 Å². The van der Waals surface area contributed by atoms with Crippen molar-refractivity contribution < 1.29 is 22.3 Å². The molecule has 0 spiro atoms. The third-order valence-corrected chi connectivity index (χ3v) is 4.27. The summed E-state index contributed by atoms with van der Waals surface area (Å²) >= 11 is 0. The number of rotatable bonds is 6. The lowest BCUT2D eigenvalue weighted by atomic mass is 10.3. The van der Waals surface area contributed by atoms with Gasteiger partial charge in [0.05, 0.1) is 23.8 Å². The summed E-state index contributed by atoms with van der Waals surface area (Å²) < 4.78 is 50.9. The van der Waals surface area contributed by atoms with Gasteiger partial charge in [-0.3, -0.25) is 4.72 Å². The van der Waals surface area contributed by atoms with Gasteiger partial charge in [0.2, 0.25) is 0 Å². The Balaban J connectivity index is 2.28. The van der Waals surface area contributed by atoms with E-state index in [4.69, 9.17) is 9.47 Å². The zero-order valence-corrected chi connectivity index (χ0v) is 13.9. The first-order chi connectivity index (χ1) is 10.8. The lowest BCUT2D eigenvalue weighted by molar-refractivity contribution is 0.242. The summed E-state index contributed by atoms with van der Waals surface area (Å²) in [5.74, 6) is -0.208. The van der Waals surface area contributed by atoms with Crippen LogP contribution < -0.4 is 14.2 Å². The smallest absolute Gasteiger partial charge is 0.262 e. The standard InChI is InChI=1S/C16H18FNO4S/c1-11(2)22-13-6-4-5-12(9-13)18-23(19,20)14-7-8-15(17)16(10-14)21-3/h4-11,18H,1-3H3. The van der Waals surface area contributed by atoms with Crippen molar-refractivity contribution in [3.63, 3.8) is 0 Å². The molecule has 7 heteroatoms. The minimum absolute atomic E-state index is 0.0248. The predicted molar refractivity (Wildman–Crippen MR) is 86.0 cm³/mol. The summed E-state index contributed by atoms with van der Waals surface area (Å²) in [6, 6.07) is 9.95. The fourth-order valence-corrected chi connectivity index (χ4v) is 2.99. The van der Waals surface area contributed by atoms with E-state index in [2.05, 4.69) is 4.72 Å². The van der Waals surface area contributed by atoms with Gasteiger partial charge >= 0.3 is 0 Å². The number of benzene rings is 2. The van der Waals surface area contributed by atoms with Gasteiger partial charge < -0.3 is 9.47 Å². The molecule has 0 heterocycles. The van der Waals surface area contributed by atoms with Crippen molar-refractivity contribution in [2.24, 2.45) is 0 Å². The van der Waals surface area contributed by atoms with E-state index in [-0.39, 0.29) is 16.7 Å². The number of sulfonamides is 1. The Kier molecular flexibility index (Phi) is 5.10. The zero-order valence-electron chi connectivity index (χ0n) is 13.0. The van der Waals surface area contributed by atoms with Gasteiger partial charge in [-0.15, -0.1) is 0 Å². The van der Waals surface area contributed by atoms with Crippen LogP contribution in [0.15, 0.2) is 47.4 Å². The first-order valence-electron chi connectivity index (χ1n) is 6.95. The van der Waals surface area contributed by atoms with Gasteiger partial charge in [-0.1, -0.05) is 6.07 Å². The van der Waals surface area contributed by atoms with Gasteiger partial charge in [0.1, 0.15) is 5.75 Å². The molecule has 0 atom stereocenters. The Morgan fingerprint density at radius 2 is 1.87 bits per heavy atom. The molecule has 0 bridgehead atoms. The molecule has 2 rings (SSSR count). The number of halogens is 1. The number of hydrogen-bond acceptors (Lipinski definition) is 4. The van der Waals surface area contributed by atoms with Crippen LogP contribution in [0.2, 0.25) is 0 Å². The lowest BCUT2D eigenvalue weighted by Crippen LogP contribution is -2.13. The fraction of sp³-hybridized carbons (Fsp3) is 0.250. The maximum Gasteiger partial charge on any atom is 0.262 e. The van der Waals surface area contributed by atoms with E-state index < -0.39 is 15.8 Å². The summed E-state index contributed by atoms with van der Waals surface area (Å²) in [7, 11) is -2.59. The highest BCUT2D eigenvalue weighted by Crippen LogP contribution is 2.25. The molecule has 2 aromatic rings. The quantitative estimate of drug-likeness (QED) is 0.876. The average Bonchev–Trinajstić information content (AvgIpc) is 2.46. The highest BCUT2D eigenvalue weighted by molar-refractivity contribution is 7.92. The molecule has 2 aromatic carbocycles. The predicted octanol–water partition coefficient (Wildman–Crippen LogP) is 3.42. The van der Waals surface area contributed by atoms with E-state index in [1.165, 1.54) is 13.2 Å². The molecule has 0 fully saturated rings. The molecule has 124 valence electrons. The molecular weight excluding hydrogens is 321 g/mol. The van der Waals surface area contributed by atoms with Crippen molar-refractivity contribution in [1.82, 2.24) is 0 Å². The summed E-state index contributed by atoms with van der Waals surface area (Å²) in [5, 5.41) is 0. The van der Waals surface area contributed by atoms with Crippen LogP contribution >= 0.6 is 0 Å². The lowest BCUT2D eigenvalue weighted by Gasteiger charge is -2.13. The van der Waals surface area contributed by atoms with Crippen LogP contribution in [0.4, 0.5) is 10.1 Å². The van der Waals surface area contributed by atoms with Crippen LogP contribution in [-0.2, 0) is 10.0 Å². The monoisotopic (exact) mass is 339 g/mol. The van der Waals surface area contributed by atoms with Crippen molar-refractivity contribution in [3.8, 4) is 11.5 Å². The second-order valence-corrected chi connectivity index (χ2v) is 6.78. The molecule has 1 N–H and O–H groups in total. The summed E-state index contributed by atoms with van der Waals surface area (Å²) in [6.07, 6.45) is -0.0248. The van der Waals surface area contributed by atoms with Crippen molar-refractivity contribution >= 4 is 15.7 Å². The highest BCUT2D eigenvalue weighted by atomic mass is 32.2. The van der Waals surface area contributed by atoms with Crippen molar-refractivity contribution in [2.75, 3.05) is 11.8 Å². The zero-order chi connectivity index (χ0) is 17.0. The van der Waals surface area contributed by atoms with Gasteiger partial charge in [0.25, 0.3) is 10.0 Å². The minimum atomic E-state index is -3.86. The van der Waals surface area contributed by atoms with E-state index >= 15 is 0 Å². The van der Waals surface area contributed by atoms with Crippen molar-refractivity contribution in [1.29, 1.82) is 0 Å². The molecule has 5 nitrogen and oxygen atoms in total. The minimum Gasteiger partial charge on any atom is -0.494 e. The fourth-order valence-electron chi connectivity index (χ4n) is 1.93. The van der Waals surface area contributed by atoms with E-state index in [0.29, 0.717) is 11.4 Å². The van der Waals surface area contributed by atoms with Crippen LogP contribution in [0, 0.1) is 5.82 Å². The van der Waals surface area contributed by atoms with E-state index in [1.807, 2.05) is 13.8 Å². The molecule has 0 saturated heterocycles. The molecule has 0 aliphatic rings. The van der Waals surface area contributed by atoms with Gasteiger partial charge in [-0.2, -0.15) is 0 Å². The average molecular weight is 339 g/mol. The van der Waals surface area contributed by atoms with Crippen molar-refractivity contribution in [2.45, 2.75) is 24.8 Å². The highest BCUT2D eigenvalue weighted by Gasteiger charge is 2.17. The Morgan fingerprint density at radius 3 is 2.52 bits per heavy atom. The number of hydrogen-bond donors (Lipinski definition) is 1. The SMILES string of the molecule is COc1cc(S(=O)(=O)Nc2cccc(OC(C)C)c2)ccc1F.